The Balaban J connectivity index is 1.36. The van der Waals surface area contributed by atoms with Crippen LogP contribution in [0.15, 0.2) is 295 Å². The number of hydrogen-bond donors (Lipinski definition) is 0. The zero-order valence-corrected chi connectivity index (χ0v) is 49.9. The van der Waals surface area contributed by atoms with Crippen LogP contribution in [0.2, 0.25) is 0 Å². The maximum Gasteiger partial charge on any atom is 0.0625 e. The van der Waals surface area contributed by atoms with Gasteiger partial charge in [0.1, 0.15) is 0 Å². The number of rotatable bonds is 7. The van der Waals surface area contributed by atoms with Gasteiger partial charge in [0.05, 0.1) is 17.1 Å². The van der Waals surface area contributed by atoms with Crippen LogP contribution in [0.3, 0.4) is 0 Å². The molecule has 0 atom stereocenters. The average Bonchev–Trinajstić information content (AvgIpc) is 3.58. The van der Waals surface area contributed by atoms with Crippen molar-refractivity contribution in [3.8, 4) is 0 Å². The molecule has 10 aromatic carbocycles. The van der Waals surface area contributed by atoms with Crippen molar-refractivity contribution in [1.82, 2.24) is 4.90 Å². The summed E-state index contributed by atoms with van der Waals surface area (Å²) in [6.07, 6.45) is 2.04. The molecule has 8 bridgehead atoms. The van der Waals surface area contributed by atoms with E-state index in [0.29, 0.717) is 38.1 Å². The topological polar surface area (TPSA) is 40.3 Å². The molecule has 0 radical (unpaired) electrons. The van der Waals surface area contributed by atoms with Gasteiger partial charge in [0.2, 0.25) is 0 Å². The third kappa shape index (κ3) is 10.5. The lowest BCUT2D eigenvalue weighted by molar-refractivity contribution is 0.246. The first kappa shape index (κ1) is 52.0. The fraction of sp³-hybridized carbons (Fsp3) is 0.104. The van der Waals surface area contributed by atoms with Crippen LogP contribution in [0.1, 0.15) is 22.3 Å². The van der Waals surface area contributed by atoms with E-state index in [9.17, 15) is 0 Å². The van der Waals surface area contributed by atoms with Crippen molar-refractivity contribution in [1.29, 1.82) is 0 Å². The Morgan fingerprint density at radius 3 is 0.779 bits per heavy atom. The van der Waals surface area contributed by atoms with Gasteiger partial charge >= 0.3 is 0 Å². The maximum absolute atomic E-state index is 6.47. The van der Waals surface area contributed by atoms with Gasteiger partial charge in [-0.2, -0.15) is 0 Å². The molecule has 10 aromatic rings. The summed E-state index contributed by atoms with van der Waals surface area (Å²) in [5, 5.41) is 7.39. The van der Waals surface area contributed by atoms with E-state index in [1.807, 2.05) is 0 Å². The summed E-state index contributed by atoms with van der Waals surface area (Å²) in [6.45, 7) is 1.95. The first-order valence-corrected chi connectivity index (χ1v) is 34.2. The van der Waals surface area contributed by atoms with Crippen LogP contribution in [0, 0.1) is 0 Å². The van der Waals surface area contributed by atoms with Crippen LogP contribution in [0.4, 0.5) is 17.1 Å². The minimum absolute atomic E-state index is 0.650. The quantitative estimate of drug-likeness (QED) is 0.147. The second-order valence-corrected chi connectivity index (χ2v) is 32.0. The molecule has 0 aromatic heterocycles. The molecule has 0 spiro atoms. The van der Waals surface area contributed by atoms with Crippen molar-refractivity contribution < 1.29 is 0 Å². The summed E-state index contributed by atoms with van der Waals surface area (Å²) in [4.78, 5) is 2.56. The van der Waals surface area contributed by atoms with Gasteiger partial charge in [-0.15, -0.1) is 0 Å². The molecule has 0 amide bonds. The largest absolute Gasteiger partial charge is 0.290 e. The first-order valence-electron chi connectivity index (χ1n) is 26.0. The second kappa shape index (κ2) is 22.6. The van der Waals surface area contributed by atoms with Crippen LogP contribution in [0.5, 0.6) is 0 Å². The van der Waals surface area contributed by atoms with E-state index in [-0.39, 0.29) is 0 Å². The lowest BCUT2D eigenvalue weighted by Gasteiger charge is -2.47. The van der Waals surface area contributed by atoms with Gasteiger partial charge in [-0.3, -0.25) is 19.1 Å². The fourth-order valence-corrected chi connectivity index (χ4v) is 25.7. The Morgan fingerprint density at radius 1 is 0.299 bits per heavy atom. The molecule has 10 heteroatoms. The highest BCUT2D eigenvalue weighted by Gasteiger charge is 2.49. The van der Waals surface area contributed by atoms with Gasteiger partial charge in [0.25, 0.3) is 0 Å². The van der Waals surface area contributed by atoms with E-state index in [0.717, 1.165) is 30.5 Å². The van der Waals surface area contributed by atoms with E-state index in [1.54, 1.807) is 0 Å². The molecule has 0 saturated carbocycles. The van der Waals surface area contributed by atoms with Crippen LogP contribution in [-0.4, -0.2) is 23.4 Å². The number of hydrogen-bond acceptors (Lipinski definition) is 4. The van der Waals surface area contributed by atoms with Gasteiger partial charge in [0.15, 0.2) is 0 Å². The van der Waals surface area contributed by atoms with Crippen LogP contribution in [-0.2, 0) is 25.0 Å². The molecule has 0 unspecified atom stereocenters. The summed E-state index contributed by atoms with van der Waals surface area (Å²) in [6, 6.07) is 99.7. The van der Waals surface area contributed by atoms with Gasteiger partial charge in [-0.25, -0.2) is 0 Å². The van der Waals surface area contributed by atoms with Crippen molar-refractivity contribution in [2.45, 2.75) is 25.0 Å². The Labute approximate surface area is 479 Å². The summed E-state index contributed by atoms with van der Waals surface area (Å²) in [7, 11) is -8.81. The van der Waals surface area contributed by atoms with Gasteiger partial charge < -0.3 is 0 Å². The van der Waals surface area contributed by atoms with Gasteiger partial charge in [-0.05, 0) is 109 Å². The van der Waals surface area contributed by atoms with Crippen LogP contribution < -0.4 is 31.8 Å². The van der Waals surface area contributed by atoms with E-state index in [2.05, 4.69) is 320 Å². The molecule has 0 aliphatic carbocycles. The van der Waals surface area contributed by atoms with Crippen LogP contribution >= 0.6 is 69.0 Å². The number of benzene rings is 10. The molecule has 3 aliphatic heterocycles. The summed E-state index contributed by atoms with van der Waals surface area (Å²) in [5.74, 6) is 0. The molecule has 0 saturated heterocycles. The minimum Gasteiger partial charge on any atom is -0.290 e. The third-order valence-corrected chi connectivity index (χ3v) is 29.4. The standard InChI is InChI=1S/C67H56Br3N4P3/c68-64-39-36-55-42-51(64)45-74-46-52-43-56(37-40-65(52)69)72-76(60-28-14-4-15-29-60,61-30-16-5-17-31-61)49-67(54-22-8-1-9-23-54,48-75(71-55,58-24-10-2-11-25-58)59-26-12-3-13-27-59)50-77(62-32-18-6-19-33-62,63-34-20-7-21-35-63)73-57-38-41-66(70)53(44-57)47-74/h1-44H,45-50H2. The molecule has 4 nitrogen and oxygen atoms in total. The van der Waals surface area contributed by atoms with Crippen molar-refractivity contribution in [2.24, 2.45) is 14.2 Å². The number of fused-ring (bicyclic) bond motifs is 3. The average molecular weight is 1250 g/mol. The molecular formula is C67H56Br3N4P3. The minimum atomic E-state index is -2.94. The lowest BCUT2D eigenvalue weighted by atomic mass is 9.86. The zero-order chi connectivity index (χ0) is 52.3. The number of halogens is 3. The van der Waals surface area contributed by atoms with Crippen molar-refractivity contribution in [2.75, 3.05) is 18.5 Å². The number of nitrogens with zero attached hydrogens (tertiary/aromatic N) is 4. The summed E-state index contributed by atoms with van der Waals surface area (Å²) >= 11 is 12.3. The second-order valence-electron chi connectivity index (χ2n) is 20.2. The highest BCUT2D eigenvalue weighted by molar-refractivity contribution is 9.11. The fourth-order valence-electron chi connectivity index (χ4n) is 11.7. The first-order chi connectivity index (χ1) is 37.7. The van der Waals surface area contributed by atoms with Crippen molar-refractivity contribution in [3.05, 3.63) is 303 Å². The van der Waals surface area contributed by atoms with E-state index in [1.165, 1.54) is 54.1 Å². The normalized spacial score (nSPS) is 18.6. The van der Waals surface area contributed by atoms with Gasteiger partial charge in [-0.1, -0.05) is 260 Å². The molecule has 0 fully saturated rings. The predicted molar refractivity (Wildman–Crippen MR) is 342 cm³/mol. The van der Waals surface area contributed by atoms with E-state index in [4.69, 9.17) is 14.2 Å². The Kier molecular flexibility index (Phi) is 15.2. The summed E-state index contributed by atoms with van der Waals surface area (Å²) < 4.78 is 22.6. The SMILES string of the molecule is Brc1ccc2cc1CN1Cc3cc(ccc3Br)N=P(c3ccccc3)(c3ccccc3)CC(c3ccccc3)(CP(c3ccccc3)(c3ccccc3)=N2)CP(c2ccccc2)(c2ccccc2)=Nc2ccc(Br)c(c2)C1. The highest BCUT2D eigenvalue weighted by atomic mass is 79.9. The van der Waals surface area contributed by atoms with E-state index >= 15 is 0 Å². The van der Waals surface area contributed by atoms with E-state index < -0.39 is 26.6 Å². The highest BCUT2D eigenvalue weighted by Crippen LogP contribution is 2.65. The summed E-state index contributed by atoms with van der Waals surface area (Å²) in [5.41, 5.74) is 6.95. The Morgan fingerprint density at radius 2 is 0.532 bits per heavy atom. The smallest absolute Gasteiger partial charge is 0.0625 e. The monoisotopic (exact) mass is 1250 g/mol. The molecule has 77 heavy (non-hydrogen) atoms. The zero-order valence-electron chi connectivity index (χ0n) is 42.4. The molecule has 3 aliphatic rings. The Bertz CT molecular complexity index is 3380. The van der Waals surface area contributed by atoms with Crippen molar-refractivity contribution in [3.63, 3.8) is 0 Å². The van der Waals surface area contributed by atoms with Gasteiger partial charge in [0, 0.05) is 78.1 Å². The predicted octanol–water partition coefficient (Wildman–Crippen LogP) is 17.6. The van der Waals surface area contributed by atoms with Crippen LogP contribution in [0.25, 0.3) is 0 Å². The maximum atomic E-state index is 6.47. The Hall–Kier alpha value is -5.71. The third-order valence-electron chi connectivity index (χ3n) is 15.2. The van der Waals surface area contributed by atoms with Crippen molar-refractivity contribution >= 4 is 118 Å². The molecule has 0 N–H and O–H groups in total. The molecule has 13 rings (SSSR count). The molecular weight excluding hydrogens is 1190 g/mol. The lowest BCUT2D eigenvalue weighted by Crippen LogP contribution is -2.45. The molecule has 380 valence electrons. The molecule has 3 heterocycles.